The average molecular weight is 399 g/mol. The van der Waals surface area contributed by atoms with Gasteiger partial charge in [0, 0.05) is 35.8 Å². The van der Waals surface area contributed by atoms with Gasteiger partial charge < -0.3 is 14.1 Å². The van der Waals surface area contributed by atoms with Crippen LogP contribution in [0, 0.1) is 11.3 Å². The highest BCUT2D eigenvalue weighted by molar-refractivity contribution is 8.14. The first-order valence-electron chi connectivity index (χ1n) is 9.25. The van der Waals surface area contributed by atoms with E-state index in [0.29, 0.717) is 53.1 Å². The van der Waals surface area contributed by atoms with Crippen molar-refractivity contribution in [1.29, 1.82) is 5.26 Å². The second-order valence-corrected chi connectivity index (χ2v) is 8.77. The molecule has 0 N–H and O–H groups in total. The molecular weight excluding hydrogens is 378 g/mol. The van der Waals surface area contributed by atoms with E-state index in [-0.39, 0.29) is 22.7 Å². The van der Waals surface area contributed by atoms with Crippen LogP contribution in [0.4, 0.5) is 16.2 Å². The highest BCUT2D eigenvalue weighted by Gasteiger charge is 2.33. The first-order valence-corrected chi connectivity index (χ1v) is 10.1. The maximum absolute atomic E-state index is 12.3. The number of furan rings is 1. The molecule has 28 heavy (non-hydrogen) atoms. The molecule has 1 aromatic heterocycles. The topological polar surface area (TPSA) is 86.8 Å². The molecule has 7 nitrogen and oxygen atoms in total. The Labute approximate surface area is 167 Å². The van der Waals surface area contributed by atoms with Crippen molar-refractivity contribution >= 4 is 45.6 Å². The van der Waals surface area contributed by atoms with E-state index in [1.54, 1.807) is 11.0 Å². The van der Waals surface area contributed by atoms with Gasteiger partial charge >= 0.3 is 0 Å². The summed E-state index contributed by atoms with van der Waals surface area (Å²) in [7, 11) is 0. The SMILES string of the molecule is C[C@@H]1CN(c2c(C=O)cc3c(N4C[C@H](C)SC4=O)coc3c2C#N)C[C@@H](C)O1. The lowest BCUT2D eigenvalue weighted by Gasteiger charge is -2.37. The molecule has 2 aliphatic rings. The van der Waals surface area contributed by atoms with Crippen molar-refractivity contribution in [2.75, 3.05) is 29.4 Å². The summed E-state index contributed by atoms with van der Waals surface area (Å²) in [5.74, 6) is 0. The Balaban J connectivity index is 1.88. The second-order valence-electron chi connectivity index (χ2n) is 7.38. The molecule has 0 bridgehead atoms. The van der Waals surface area contributed by atoms with Crippen molar-refractivity contribution in [2.45, 2.75) is 38.2 Å². The monoisotopic (exact) mass is 399 g/mol. The lowest BCUT2D eigenvalue weighted by Crippen LogP contribution is -2.46. The standard InChI is InChI=1S/C20H21N3O4S/c1-11-6-22(7-12(2)27-11)18-14(9-24)4-15-17(10-26-19(15)16(18)5-21)23-8-13(3)28-20(23)25/h4,9-13H,6-8H2,1-3H3/t11-,12-,13+/m1/s1. The van der Waals surface area contributed by atoms with Crippen molar-refractivity contribution in [1.82, 2.24) is 0 Å². The van der Waals surface area contributed by atoms with Gasteiger partial charge in [0.15, 0.2) is 11.9 Å². The Morgan fingerprint density at radius 2 is 1.96 bits per heavy atom. The minimum Gasteiger partial charge on any atom is -0.461 e. The van der Waals surface area contributed by atoms with Gasteiger partial charge in [-0.2, -0.15) is 5.26 Å². The summed E-state index contributed by atoms with van der Waals surface area (Å²) >= 11 is 1.27. The summed E-state index contributed by atoms with van der Waals surface area (Å²) in [6.45, 7) is 7.65. The minimum absolute atomic E-state index is 0.0154. The van der Waals surface area contributed by atoms with E-state index in [9.17, 15) is 14.9 Å². The number of thioether (sulfide) groups is 1. The molecule has 0 spiro atoms. The Bertz CT molecular complexity index is 985. The molecule has 2 aliphatic heterocycles. The zero-order valence-corrected chi connectivity index (χ0v) is 16.8. The van der Waals surface area contributed by atoms with Gasteiger partial charge in [-0.25, -0.2) is 0 Å². The van der Waals surface area contributed by atoms with Crippen LogP contribution in [0.25, 0.3) is 11.0 Å². The van der Waals surface area contributed by atoms with Crippen LogP contribution in [0.1, 0.15) is 36.7 Å². The second kappa shape index (κ2) is 7.15. The van der Waals surface area contributed by atoms with Crippen LogP contribution in [0.15, 0.2) is 16.7 Å². The molecule has 0 unspecified atom stereocenters. The normalized spacial score (nSPS) is 25.4. The summed E-state index contributed by atoms with van der Waals surface area (Å²) in [6, 6.07) is 3.95. The van der Waals surface area contributed by atoms with Gasteiger partial charge in [-0.3, -0.25) is 14.5 Å². The van der Waals surface area contributed by atoms with Crippen LogP contribution in [-0.4, -0.2) is 48.6 Å². The maximum atomic E-state index is 12.3. The van der Waals surface area contributed by atoms with Crippen molar-refractivity contribution < 1.29 is 18.7 Å². The van der Waals surface area contributed by atoms with E-state index >= 15 is 0 Å². The molecule has 0 aliphatic carbocycles. The summed E-state index contributed by atoms with van der Waals surface area (Å²) in [5.41, 5.74) is 2.32. The number of hydrogen-bond donors (Lipinski definition) is 0. The van der Waals surface area contributed by atoms with E-state index in [0.717, 1.165) is 6.29 Å². The van der Waals surface area contributed by atoms with Crippen molar-refractivity contribution in [3.05, 3.63) is 23.5 Å². The van der Waals surface area contributed by atoms with E-state index < -0.39 is 0 Å². The van der Waals surface area contributed by atoms with Gasteiger partial charge in [-0.05, 0) is 19.9 Å². The number of fused-ring (bicyclic) bond motifs is 1. The molecule has 146 valence electrons. The van der Waals surface area contributed by atoms with Crippen LogP contribution in [0.3, 0.4) is 0 Å². The fourth-order valence-electron chi connectivity index (χ4n) is 4.07. The largest absolute Gasteiger partial charge is 0.461 e. The van der Waals surface area contributed by atoms with Gasteiger partial charge in [-0.1, -0.05) is 18.7 Å². The summed E-state index contributed by atoms with van der Waals surface area (Å²) in [5, 5.41) is 10.6. The molecule has 8 heteroatoms. The van der Waals surface area contributed by atoms with Crippen molar-refractivity contribution in [3.8, 4) is 6.07 Å². The number of rotatable bonds is 3. The Morgan fingerprint density at radius 1 is 1.25 bits per heavy atom. The maximum Gasteiger partial charge on any atom is 0.286 e. The van der Waals surface area contributed by atoms with Crippen molar-refractivity contribution in [3.63, 3.8) is 0 Å². The number of anilines is 2. The Morgan fingerprint density at radius 3 is 2.54 bits per heavy atom. The fourth-order valence-corrected chi connectivity index (χ4v) is 4.94. The lowest BCUT2D eigenvalue weighted by atomic mass is 10.0. The van der Waals surface area contributed by atoms with Gasteiger partial charge in [0.1, 0.15) is 17.9 Å². The first kappa shape index (κ1) is 18.8. The highest BCUT2D eigenvalue weighted by atomic mass is 32.2. The zero-order chi connectivity index (χ0) is 20.0. The number of amides is 1. The Hall–Kier alpha value is -2.50. The van der Waals surface area contributed by atoms with Gasteiger partial charge in [-0.15, -0.1) is 0 Å². The number of hydrogen-bond acceptors (Lipinski definition) is 7. The lowest BCUT2D eigenvalue weighted by molar-refractivity contribution is -0.00526. The molecule has 4 rings (SSSR count). The molecule has 3 heterocycles. The molecular formula is C20H21N3O4S. The Kier molecular flexibility index (Phi) is 4.81. The van der Waals surface area contributed by atoms with Gasteiger partial charge in [0.25, 0.3) is 5.24 Å². The van der Waals surface area contributed by atoms with Crippen LogP contribution in [0.5, 0.6) is 0 Å². The van der Waals surface area contributed by atoms with Crippen LogP contribution < -0.4 is 9.80 Å². The number of ether oxygens (including phenoxy) is 1. The highest BCUT2D eigenvalue weighted by Crippen LogP contribution is 2.41. The molecule has 2 fully saturated rings. The van der Waals surface area contributed by atoms with Crippen LogP contribution in [0.2, 0.25) is 0 Å². The number of nitrogens with zero attached hydrogens (tertiary/aromatic N) is 3. The van der Waals surface area contributed by atoms with Crippen LogP contribution >= 0.6 is 11.8 Å². The third-order valence-electron chi connectivity index (χ3n) is 5.07. The average Bonchev–Trinajstić information content (AvgIpc) is 3.21. The van der Waals surface area contributed by atoms with E-state index in [1.165, 1.54) is 18.0 Å². The van der Waals surface area contributed by atoms with Gasteiger partial charge in [0.2, 0.25) is 0 Å². The third-order valence-corrected chi connectivity index (χ3v) is 6.05. The van der Waals surface area contributed by atoms with Crippen LogP contribution in [-0.2, 0) is 4.74 Å². The third kappa shape index (κ3) is 3.05. The van der Waals surface area contributed by atoms with E-state index in [2.05, 4.69) is 6.07 Å². The molecule has 0 saturated carbocycles. The zero-order valence-electron chi connectivity index (χ0n) is 16.0. The summed E-state index contributed by atoms with van der Waals surface area (Å²) in [4.78, 5) is 27.9. The smallest absolute Gasteiger partial charge is 0.286 e. The molecule has 2 aromatic rings. The summed E-state index contributed by atoms with van der Waals surface area (Å²) < 4.78 is 11.5. The molecule has 3 atom stereocenters. The van der Waals surface area contributed by atoms with E-state index in [1.807, 2.05) is 25.7 Å². The number of benzene rings is 1. The van der Waals surface area contributed by atoms with Crippen molar-refractivity contribution in [2.24, 2.45) is 0 Å². The predicted octanol–water partition coefficient (Wildman–Crippen LogP) is 3.79. The molecule has 1 amide bonds. The molecule has 1 aromatic carbocycles. The quantitative estimate of drug-likeness (QED) is 0.726. The molecule has 2 saturated heterocycles. The number of aldehydes is 1. The number of morpholine rings is 1. The summed E-state index contributed by atoms with van der Waals surface area (Å²) in [6.07, 6.45) is 2.24. The van der Waals surface area contributed by atoms with Gasteiger partial charge in [0.05, 0.1) is 23.6 Å². The van der Waals surface area contributed by atoms with E-state index in [4.69, 9.17) is 9.15 Å². The fraction of sp³-hybridized carbons (Fsp3) is 0.450. The number of nitriles is 1. The first-order chi connectivity index (χ1) is 13.4. The number of carbonyl (C=O) groups is 2. The molecule has 0 radical (unpaired) electrons. The minimum atomic E-state index is -0.0544. The number of carbonyl (C=O) groups excluding carboxylic acids is 2. The predicted molar refractivity (Wildman–Crippen MR) is 108 cm³/mol.